The number of morpholine rings is 1. The third-order valence-electron chi connectivity index (χ3n) is 2.86. The second kappa shape index (κ2) is 5.79. The first kappa shape index (κ1) is 12.1. The number of nitrogens with zero attached hydrogens (tertiary/aromatic N) is 3. The number of carbonyl (C=O) groups is 1. The Labute approximate surface area is 99.8 Å². The highest BCUT2D eigenvalue weighted by Crippen LogP contribution is 2.08. The lowest BCUT2D eigenvalue weighted by Gasteiger charge is -2.32. The van der Waals surface area contributed by atoms with Gasteiger partial charge in [-0.05, 0) is 0 Å². The second-order valence-electron chi connectivity index (χ2n) is 4.19. The van der Waals surface area contributed by atoms with Crippen molar-refractivity contribution in [1.29, 1.82) is 0 Å². The predicted molar refractivity (Wildman–Crippen MR) is 60.7 cm³/mol. The lowest BCUT2D eigenvalue weighted by Crippen LogP contribution is -2.44. The zero-order valence-electron chi connectivity index (χ0n) is 9.66. The quantitative estimate of drug-likeness (QED) is 0.787. The molecule has 2 heterocycles. The minimum atomic E-state index is -0.800. The van der Waals surface area contributed by atoms with Gasteiger partial charge in [0.1, 0.15) is 0 Å². The van der Waals surface area contributed by atoms with Gasteiger partial charge in [0.05, 0.1) is 25.5 Å². The fraction of sp³-hybridized carbons (Fsp3) is 0.636. The highest BCUT2D eigenvalue weighted by molar-refractivity contribution is 5.67. The maximum Gasteiger partial charge on any atom is 0.306 e. The van der Waals surface area contributed by atoms with Crippen LogP contribution < -0.4 is 0 Å². The van der Waals surface area contributed by atoms with Crippen LogP contribution in [0, 0.1) is 0 Å². The molecule has 0 amide bonds. The highest BCUT2D eigenvalue weighted by atomic mass is 16.5. The van der Waals surface area contributed by atoms with E-state index in [2.05, 4.69) is 9.88 Å². The molecule has 1 aromatic heterocycles. The summed E-state index contributed by atoms with van der Waals surface area (Å²) in [4.78, 5) is 16.8. The molecule has 0 radical (unpaired) electrons. The number of aliphatic carboxylic acids is 1. The van der Waals surface area contributed by atoms with Crippen LogP contribution in [0.4, 0.5) is 0 Å². The first-order valence-electron chi connectivity index (χ1n) is 5.75. The van der Waals surface area contributed by atoms with Crippen LogP contribution in [0.25, 0.3) is 0 Å². The number of imidazole rings is 1. The molecule has 0 bridgehead atoms. The van der Waals surface area contributed by atoms with Crippen molar-refractivity contribution < 1.29 is 14.6 Å². The molecule has 0 aromatic carbocycles. The highest BCUT2D eigenvalue weighted by Gasteiger charge is 2.22. The summed E-state index contributed by atoms with van der Waals surface area (Å²) in [6.07, 6.45) is 5.38. The van der Waals surface area contributed by atoms with E-state index in [9.17, 15) is 4.79 Å². The standard InChI is InChI=1S/C11H17N3O3/c15-11(16)7-10-8-13(5-6-17-10)3-4-14-2-1-12-9-14/h1-2,9-10H,3-8H2,(H,15,16). The molecule has 0 spiro atoms. The van der Waals surface area contributed by atoms with E-state index in [0.29, 0.717) is 13.2 Å². The number of ether oxygens (including phenoxy) is 1. The summed E-state index contributed by atoms with van der Waals surface area (Å²) in [6.45, 7) is 3.95. The summed E-state index contributed by atoms with van der Waals surface area (Å²) in [5.74, 6) is -0.800. The van der Waals surface area contributed by atoms with Crippen LogP contribution in [0.1, 0.15) is 6.42 Å². The van der Waals surface area contributed by atoms with Crippen molar-refractivity contribution >= 4 is 5.97 Å². The molecule has 1 aliphatic rings. The summed E-state index contributed by atoms with van der Waals surface area (Å²) in [6, 6.07) is 0. The van der Waals surface area contributed by atoms with Gasteiger partial charge in [-0.25, -0.2) is 4.98 Å². The maximum absolute atomic E-state index is 10.6. The molecule has 17 heavy (non-hydrogen) atoms. The van der Waals surface area contributed by atoms with Crippen molar-refractivity contribution in [2.45, 2.75) is 19.1 Å². The normalized spacial score (nSPS) is 21.5. The third-order valence-corrected chi connectivity index (χ3v) is 2.86. The molecule has 6 nitrogen and oxygen atoms in total. The molecule has 94 valence electrons. The molecule has 6 heteroatoms. The number of aromatic nitrogens is 2. The first-order valence-corrected chi connectivity index (χ1v) is 5.75. The van der Waals surface area contributed by atoms with Crippen molar-refractivity contribution in [1.82, 2.24) is 14.5 Å². The molecule has 1 aromatic rings. The Kier molecular flexibility index (Phi) is 4.11. The van der Waals surface area contributed by atoms with Gasteiger partial charge < -0.3 is 14.4 Å². The Morgan fingerprint density at radius 1 is 1.53 bits per heavy atom. The summed E-state index contributed by atoms with van der Waals surface area (Å²) in [5.41, 5.74) is 0. The van der Waals surface area contributed by atoms with Crippen molar-refractivity contribution in [3.63, 3.8) is 0 Å². The molecule has 1 N–H and O–H groups in total. The van der Waals surface area contributed by atoms with E-state index < -0.39 is 5.97 Å². The predicted octanol–water partition coefficient (Wildman–Crippen LogP) is 0.0586. The number of hydrogen-bond donors (Lipinski definition) is 1. The zero-order valence-corrected chi connectivity index (χ0v) is 9.66. The molecule has 1 fully saturated rings. The van der Waals surface area contributed by atoms with Crippen LogP contribution in [-0.4, -0.2) is 57.9 Å². The average molecular weight is 239 g/mol. The molecule has 1 unspecified atom stereocenters. The van der Waals surface area contributed by atoms with Gasteiger partial charge in [0.2, 0.25) is 0 Å². The Hall–Kier alpha value is -1.40. The van der Waals surface area contributed by atoms with Gasteiger partial charge >= 0.3 is 5.97 Å². The molecule has 0 saturated carbocycles. The van der Waals surface area contributed by atoms with Crippen LogP contribution in [0.5, 0.6) is 0 Å². The van der Waals surface area contributed by atoms with Gasteiger partial charge in [-0.15, -0.1) is 0 Å². The van der Waals surface area contributed by atoms with Gasteiger partial charge in [0, 0.05) is 38.6 Å². The monoisotopic (exact) mass is 239 g/mol. The van der Waals surface area contributed by atoms with Gasteiger partial charge in [-0.2, -0.15) is 0 Å². The Morgan fingerprint density at radius 3 is 3.12 bits per heavy atom. The summed E-state index contributed by atoms with van der Waals surface area (Å²) in [5, 5.41) is 8.72. The van der Waals surface area contributed by atoms with E-state index >= 15 is 0 Å². The van der Waals surface area contributed by atoms with Crippen molar-refractivity contribution in [2.24, 2.45) is 0 Å². The molecule has 2 rings (SSSR count). The number of rotatable bonds is 5. The SMILES string of the molecule is O=C(O)CC1CN(CCn2ccnc2)CCO1. The molecule has 0 aliphatic carbocycles. The van der Waals surface area contributed by atoms with E-state index in [1.165, 1.54) is 0 Å². The minimum absolute atomic E-state index is 0.0849. The fourth-order valence-electron chi connectivity index (χ4n) is 1.98. The molecular weight excluding hydrogens is 222 g/mol. The minimum Gasteiger partial charge on any atom is -0.481 e. The van der Waals surface area contributed by atoms with Gasteiger partial charge in [-0.1, -0.05) is 0 Å². The van der Waals surface area contributed by atoms with E-state index in [1.54, 1.807) is 12.5 Å². The first-order chi connectivity index (χ1) is 8.24. The van der Waals surface area contributed by atoms with E-state index in [0.717, 1.165) is 19.6 Å². The van der Waals surface area contributed by atoms with E-state index in [1.807, 2.05) is 10.8 Å². The van der Waals surface area contributed by atoms with Crippen LogP contribution in [-0.2, 0) is 16.1 Å². The number of hydrogen-bond acceptors (Lipinski definition) is 4. The average Bonchev–Trinajstić information content (AvgIpc) is 2.79. The van der Waals surface area contributed by atoms with Crippen LogP contribution in [0.3, 0.4) is 0 Å². The summed E-state index contributed by atoms with van der Waals surface area (Å²) in [7, 11) is 0. The largest absolute Gasteiger partial charge is 0.481 e. The van der Waals surface area contributed by atoms with Gasteiger partial charge in [-0.3, -0.25) is 9.69 Å². The summed E-state index contributed by atoms with van der Waals surface area (Å²) < 4.78 is 7.43. The maximum atomic E-state index is 10.6. The summed E-state index contributed by atoms with van der Waals surface area (Å²) >= 11 is 0. The number of carboxylic acids is 1. The Bertz CT molecular complexity index is 353. The second-order valence-corrected chi connectivity index (χ2v) is 4.19. The Balaban J connectivity index is 1.75. The van der Waals surface area contributed by atoms with Crippen molar-refractivity contribution in [2.75, 3.05) is 26.2 Å². The molecule has 1 aliphatic heterocycles. The van der Waals surface area contributed by atoms with Gasteiger partial charge in [0.15, 0.2) is 0 Å². The van der Waals surface area contributed by atoms with Crippen LogP contribution >= 0.6 is 0 Å². The molecular formula is C11H17N3O3. The molecule has 1 saturated heterocycles. The smallest absolute Gasteiger partial charge is 0.306 e. The zero-order chi connectivity index (χ0) is 12.1. The molecule has 1 atom stereocenters. The lowest BCUT2D eigenvalue weighted by atomic mass is 10.2. The van der Waals surface area contributed by atoms with E-state index in [-0.39, 0.29) is 12.5 Å². The number of carboxylic acid groups (broad SMARTS) is 1. The van der Waals surface area contributed by atoms with Gasteiger partial charge in [0.25, 0.3) is 0 Å². The van der Waals surface area contributed by atoms with Crippen LogP contribution in [0.15, 0.2) is 18.7 Å². The lowest BCUT2D eigenvalue weighted by molar-refractivity contribution is -0.142. The Morgan fingerprint density at radius 2 is 2.41 bits per heavy atom. The van der Waals surface area contributed by atoms with Crippen molar-refractivity contribution in [3.8, 4) is 0 Å². The van der Waals surface area contributed by atoms with Crippen LogP contribution in [0.2, 0.25) is 0 Å². The fourth-order valence-corrected chi connectivity index (χ4v) is 1.98. The topological polar surface area (TPSA) is 67.6 Å². The van der Waals surface area contributed by atoms with E-state index in [4.69, 9.17) is 9.84 Å². The van der Waals surface area contributed by atoms with Crippen molar-refractivity contribution in [3.05, 3.63) is 18.7 Å². The third kappa shape index (κ3) is 3.83.